The molecule has 0 saturated heterocycles. The molecule has 0 fully saturated rings. The molecule has 2 heterocycles. The average molecular weight is 429 g/mol. The third kappa shape index (κ3) is 4.05. The number of likely N-dealkylation sites (N-methyl/N-ethyl adjacent to an activating group) is 1. The third-order valence-corrected chi connectivity index (χ3v) is 3.61. The van der Waals surface area contributed by atoms with Gasteiger partial charge in [0.05, 0.1) is 24.7 Å². The molecule has 5 nitrogen and oxygen atoms in total. The molecule has 0 spiro atoms. The van der Waals surface area contributed by atoms with Gasteiger partial charge in [0, 0.05) is 24.4 Å². The van der Waals surface area contributed by atoms with Crippen LogP contribution in [0.3, 0.4) is 0 Å². The fourth-order valence-corrected chi connectivity index (χ4v) is 2.54. The van der Waals surface area contributed by atoms with Gasteiger partial charge in [-0.15, -0.1) is 6.07 Å². The molecule has 126 valence electrons. The Labute approximate surface area is 157 Å². The number of anilines is 1. The van der Waals surface area contributed by atoms with Crippen LogP contribution in [0.15, 0.2) is 0 Å². The second-order valence-corrected chi connectivity index (χ2v) is 5.60. The van der Waals surface area contributed by atoms with Crippen LogP contribution in [0.25, 0.3) is 10.9 Å². The molecule has 10 heteroatoms. The molecule has 0 saturated carbocycles. The fourth-order valence-electron chi connectivity index (χ4n) is 2.38. The first kappa shape index (κ1) is 19.5. The van der Waals surface area contributed by atoms with E-state index in [1.165, 1.54) is 0 Å². The Morgan fingerprint density at radius 2 is 2.00 bits per heavy atom. The Hall–Kier alpha value is -0.817. The molecule has 1 aliphatic rings. The fraction of sp³-hybridized carbons (Fsp3) is 0.429. The van der Waals surface area contributed by atoms with Crippen molar-refractivity contribution in [2.75, 3.05) is 45.2 Å². The van der Waals surface area contributed by atoms with Gasteiger partial charge in [0.1, 0.15) is 5.82 Å². The Morgan fingerprint density at radius 3 is 2.67 bits per heavy atom. The van der Waals surface area contributed by atoms with Crippen LogP contribution in [0.4, 0.5) is 14.6 Å². The first-order valence-corrected chi connectivity index (χ1v) is 11.3. The van der Waals surface area contributed by atoms with Crippen LogP contribution in [0.2, 0.25) is 5.28 Å². The van der Waals surface area contributed by atoms with Gasteiger partial charge in [0.2, 0.25) is 5.28 Å². The molecule has 0 aliphatic carbocycles. The van der Waals surface area contributed by atoms with Crippen molar-refractivity contribution in [3.8, 4) is 5.75 Å². The van der Waals surface area contributed by atoms with Crippen molar-refractivity contribution in [2.45, 2.75) is 0 Å². The first-order chi connectivity index (χ1) is 11.5. The van der Waals surface area contributed by atoms with E-state index in [1.807, 2.05) is 30.0 Å². The average Bonchev–Trinajstić information content (AvgIpc) is 2.72. The number of ether oxygens (including phenoxy) is 1. The monoisotopic (exact) mass is 426 g/mol. The van der Waals surface area contributed by atoms with Gasteiger partial charge >= 0.3 is 27.0 Å². The maximum absolute atomic E-state index is 14.0. The predicted octanol–water partition coefficient (Wildman–Crippen LogP) is 2.81. The minimum absolute atomic E-state index is 0.0737. The molecule has 0 amide bonds. The molecule has 0 atom stereocenters. The summed E-state index contributed by atoms with van der Waals surface area (Å²) in [6.45, 7) is 2.13. The Balaban J connectivity index is 0.00000100. The van der Waals surface area contributed by atoms with Gasteiger partial charge in [-0.2, -0.15) is 0 Å². The second kappa shape index (κ2) is 8.52. The predicted molar refractivity (Wildman–Crippen MR) is 85.4 cm³/mol. The van der Waals surface area contributed by atoms with Crippen molar-refractivity contribution >= 4 is 38.0 Å². The van der Waals surface area contributed by atoms with E-state index < -0.39 is 11.6 Å². The summed E-state index contributed by atoms with van der Waals surface area (Å²) in [6.07, 6.45) is 0. The summed E-state index contributed by atoms with van der Waals surface area (Å²) < 4.78 is 33.4. The van der Waals surface area contributed by atoms with E-state index in [0.29, 0.717) is 18.9 Å². The van der Waals surface area contributed by atoms with E-state index in [4.69, 9.17) is 26.0 Å². The molecule has 1 aliphatic heterocycles. The van der Waals surface area contributed by atoms with Crippen LogP contribution < -0.4 is 9.64 Å². The normalized spacial score (nSPS) is 13.5. The SMILES string of the molecule is CN(C)CCN1CCOc2c(F)[c-]c(F)c3nc(Cl)nc1c23.[Cl][Zn+]. The summed E-state index contributed by atoms with van der Waals surface area (Å²) in [5, 5.41) is 0.110. The van der Waals surface area contributed by atoms with Gasteiger partial charge in [0.25, 0.3) is 0 Å². The van der Waals surface area contributed by atoms with Crippen molar-refractivity contribution < 1.29 is 30.8 Å². The number of nitrogens with zero attached hydrogens (tertiary/aromatic N) is 4. The van der Waals surface area contributed by atoms with Crippen LogP contribution >= 0.6 is 21.3 Å². The number of hydrogen-bond donors (Lipinski definition) is 0. The quantitative estimate of drug-likeness (QED) is 0.427. The van der Waals surface area contributed by atoms with E-state index in [0.717, 1.165) is 23.9 Å². The van der Waals surface area contributed by atoms with Crippen molar-refractivity contribution in [3.05, 3.63) is 23.0 Å². The number of halogens is 4. The molecular formula is C14H14Cl2F2N4OZn. The summed E-state index contributed by atoms with van der Waals surface area (Å²) in [7, 11) is 8.65. The van der Waals surface area contributed by atoms with Crippen molar-refractivity contribution in [1.29, 1.82) is 0 Å². The molecule has 1 aromatic heterocycles. The molecule has 24 heavy (non-hydrogen) atoms. The maximum atomic E-state index is 14.0. The van der Waals surface area contributed by atoms with E-state index >= 15 is 0 Å². The molecule has 1 aromatic carbocycles. The second-order valence-electron chi connectivity index (χ2n) is 5.26. The molecule has 0 unspecified atom stereocenters. The first-order valence-electron chi connectivity index (χ1n) is 7.04. The van der Waals surface area contributed by atoms with Gasteiger partial charge in [-0.3, -0.25) is 4.98 Å². The zero-order valence-corrected chi connectivity index (χ0v) is 17.7. The molecular weight excluding hydrogens is 414 g/mol. The molecule has 3 rings (SSSR count). The van der Waals surface area contributed by atoms with E-state index in [1.54, 1.807) is 0 Å². The summed E-state index contributed by atoms with van der Waals surface area (Å²) in [4.78, 5) is 11.9. The van der Waals surface area contributed by atoms with Crippen molar-refractivity contribution in [2.24, 2.45) is 0 Å². The van der Waals surface area contributed by atoms with Gasteiger partial charge in [0.15, 0.2) is 0 Å². The van der Waals surface area contributed by atoms with Gasteiger partial charge in [-0.25, -0.2) is 13.8 Å². The molecule has 0 bridgehead atoms. The van der Waals surface area contributed by atoms with Crippen molar-refractivity contribution in [1.82, 2.24) is 14.9 Å². The minimum atomic E-state index is -0.903. The van der Waals surface area contributed by atoms with Gasteiger partial charge < -0.3 is 14.5 Å². The van der Waals surface area contributed by atoms with E-state index in [2.05, 4.69) is 9.97 Å². The Bertz CT molecular complexity index is 736. The summed E-state index contributed by atoms with van der Waals surface area (Å²) in [5.41, 5.74) is -0.0804. The van der Waals surface area contributed by atoms with Crippen LogP contribution in [0.5, 0.6) is 5.75 Å². The molecule has 0 N–H and O–H groups in total. The third-order valence-electron chi connectivity index (χ3n) is 3.44. The standard InChI is InChI=1S/C14H14ClF2N4O.ClH.Zn/c1-20(2)3-4-21-5-6-22-12-9(17)7-8(16)11-10(12)13(21)19-14(15)18-11;;/h3-6H2,1-2H3;1H;/q-1;;+2/p-1. The molecule has 0 radical (unpaired) electrons. The summed E-state index contributed by atoms with van der Waals surface area (Å²) in [5.74, 6) is -1.47. The Morgan fingerprint density at radius 1 is 1.29 bits per heavy atom. The number of hydrogen-bond acceptors (Lipinski definition) is 5. The van der Waals surface area contributed by atoms with Crippen LogP contribution in [0, 0.1) is 17.7 Å². The summed E-state index contributed by atoms with van der Waals surface area (Å²) >= 11 is 6.74. The topological polar surface area (TPSA) is 41.5 Å². The van der Waals surface area contributed by atoms with Crippen LogP contribution in [-0.4, -0.2) is 55.2 Å². The van der Waals surface area contributed by atoms with Crippen LogP contribution in [0.1, 0.15) is 0 Å². The van der Waals surface area contributed by atoms with E-state index in [-0.39, 0.29) is 28.5 Å². The summed E-state index contributed by atoms with van der Waals surface area (Å²) in [6, 6.07) is 1.98. The van der Waals surface area contributed by atoms with E-state index in [9.17, 15) is 8.78 Å². The molecule has 2 aromatic rings. The van der Waals surface area contributed by atoms with Gasteiger partial charge in [-0.1, -0.05) is 0 Å². The Kier molecular flexibility index (Phi) is 6.92. The number of benzene rings is 1. The zero-order chi connectivity index (χ0) is 17.9. The van der Waals surface area contributed by atoms with Crippen LogP contribution in [-0.2, 0) is 17.3 Å². The van der Waals surface area contributed by atoms with Gasteiger partial charge in [-0.05, 0) is 31.1 Å². The zero-order valence-electron chi connectivity index (χ0n) is 13.2. The number of rotatable bonds is 3. The van der Waals surface area contributed by atoms with Crippen molar-refractivity contribution in [3.63, 3.8) is 0 Å². The number of aromatic nitrogens is 2.